The van der Waals surface area contributed by atoms with Gasteiger partial charge in [-0.25, -0.2) is 4.98 Å². The Hall–Kier alpha value is -3.40. The molecule has 0 saturated carbocycles. The molecule has 0 amide bonds. The molecule has 2 aromatic heterocycles. The summed E-state index contributed by atoms with van der Waals surface area (Å²) in [6, 6.07) is 14.4. The SMILES string of the molecule is Cc1ccc(-c2noc(N3CCN(c4ncccc4C#N)CC3)n2)cc1. The van der Waals surface area contributed by atoms with Gasteiger partial charge in [0.2, 0.25) is 5.82 Å². The highest BCUT2D eigenvalue weighted by atomic mass is 16.5. The van der Waals surface area contributed by atoms with Crippen LogP contribution in [0.4, 0.5) is 11.8 Å². The van der Waals surface area contributed by atoms with Gasteiger partial charge in [-0.2, -0.15) is 10.2 Å². The lowest BCUT2D eigenvalue weighted by molar-refractivity contribution is 0.409. The molecule has 0 N–H and O–H groups in total. The second kappa shape index (κ2) is 6.84. The van der Waals surface area contributed by atoms with E-state index in [0.717, 1.165) is 37.6 Å². The van der Waals surface area contributed by atoms with Crippen LogP contribution in [0.1, 0.15) is 11.1 Å². The van der Waals surface area contributed by atoms with Crippen molar-refractivity contribution in [2.75, 3.05) is 36.0 Å². The van der Waals surface area contributed by atoms with E-state index in [1.54, 1.807) is 18.3 Å². The summed E-state index contributed by atoms with van der Waals surface area (Å²) in [5.41, 5.74) is 2.73. The first-order chi connectivity index (χ1) is 12.7. The van der Waals surface area contributed by atoms with Crippen LogP contribution in [0.15, 0.2) is 47.1 Å². The third-order valence-corrected chi connectivity index (χ3v) is 4.48. The van der Waals surface area contributed by atoms with Gasteiger partial charge in [0.05, 0.1) is 5.56 Å². The normalized spacial score (nSPS) is 14.3. The van der Waals surface area contributed by atoms with Gasteiger partial charge < -0.3 is 14.3 Å². The van der Waals surface area contributed by atoms with Gasteiger partial charge in [-0.15, -0.1) is 0 Å². The van der Waals surface area contributed by atoms with Crippen molar-refractivity contribution in [2.45, 2.75) is 6.92 Å². The number of nitriles is 1. The summed E-state index contributed by atoms with van der Waals surface area (Å²) in [6.07, 6.45) is 1.72. The van der Waals surface area contributed by atoms with Crippen molar-refractivity contribution in [2.24, 2.45) is 0 Å². The molecule has 0 unspecified atom stereocenters. The lowest BCUT2D eigenvalue weighted by atomic mass is 10.1. The highest BCUT2D eigenvalue weighted by Crippen LogP contribution is 2.23. The predicted octanol–water partition coefficient (Wildman–Crippen LogP) is 2.64. The molecule has 7 heteroatoms. The summed E-state index contributed by atoms with van der Waals surface area (Å²) < 4.78 is 5.45. The number of piperazine rings is 1. The van der Waals surface area contributed by atoms with Crippen LogP contribution < -0.4 is 9.80 Å². The zero-order valence-corrected chi connectivity index (χ0v) is 14.5. The van der Waals surface area contributed by atoms with Crippen LogP contribution in [-0.2, 0) is 0 Å². The Kier molecular flexibility index (Phi) is 4.23. The zero-order chi connectivity index (χ0) is 17.9. The maximum atomic E-state index is 9.25. The summed E-state index contributed by atoms with van der Waals surface area (Å²) in [5, 5.41) is 13.3. The lowest BCUT2D eigenvalue weighted by Crippen LogP contribution is -2.47. The van der Waals surface area contributed by atoms with Crippen LogP contribution in [0.2, 0.25) is 0 Å². The molecule has 1 aliphatic rings. The summed E-state index contributed by atoms with van der Waals surface area (Å²) in [4.78, 5) is 13.1. The van der Waals surface area contributed by atoms with Crippen molar-refractivity contribution >= 4 is 11.8 Å². The Morgan fingerprint density at radius 3 is 2.50 bits per heavy atom. The summed E-state index contributed by atoms with van der Waals surface area (Å²) in [7, 11) is 0. The smallest absolute Gasteiger partial charge is 0.324 e. The molecule has 0 spiro atoms. The molecule has 3 heterocycles. The second-order valence-electron chi connectivity index (χ2n) is 6.23. The molecule has 26 heavy (non-hydrogen) atoms. The number of benzene rings is 1. The number of anilines is 2. The third-order valence-electron chi connectivity index (χ3n) is 4.48. The summed E-state index contributed by atoms with van der Waals surface area (Å²) in [6.45, 7) is 5.00. The molecule has 0 aliphatic carbocycles. The minimum atomic E-state index is 0.529. The predicted molar refractivity (Wildman–Crippen MR) is 97.8 cm³/mol. The first kappa shape index (κ1) is 16.1. The van der Waals surface area contributed by atoms with Gasteiger partial charge in [0, 0.05) is 37.9 Å². The molecule has 0 bridgehead atoms. The van der Waals surface area contributed by atoms with Crippen LogP contribution in [0.25, 0.3) is 11.4 Å². The van der Waals surface area contributed by atoms with E-state index in [0.29, 0.717) is 17.4 Å². The van der Waals surface area contributed by atoms with Crippen molar-refractivity contribution in [3.05, 3.63) is 53.7 Å². The molecule has 4 rings (SSSR count). The molecule has 7 nitrogen and oxygen atoms in total. The number of aromatic nitrogens is 3. The van der Waals surface area contributed by atoms with Crippen LogP contribution >= 0.6 is 0 Å². The summed E-state index contributed by atoms with van der Waals surface area (Å²) >= 11 is 0. The molecule has 130 valence electrons. The Morgan fingerprint density at radius 2 is 1.77 bits per heavy atom. The van der Waals surface area contributed by atoms with Crippen LogP contribution in [0, 0.1) is 18.3 Å². The average molecular weight is 346 g/mol. The maximum Gasteiger partial charge on any atom is 0.324 e. The van der Waals surface area contributed by atoms with Crippen LogP contribution in [-0.4, -0.2) is 41.3 Å². The van der Waals surface area contributed by atoms with E-state index in [1.165, 1.54) is 5.56 Å². The van der Waals surface area contributed by atoms with Gasteiger partial charge in [-0.3, -0.25) is 0 Å². The fourth-order valence-electron chi connectivity index (χ4n) is 3.01. The minimum Gasteiger partial charge on any atom is -0.352 e. The number of nitrogens with zero attached hydrogens (tertiary/aromatic N) is 6. The standard InChI is InChI=1S/C19H18N6O/c1-14-4-6-15(7-5-14)17-22-19(26-23-17)25-11-9-24(10-12-25)18-16(13-20)3-2-8-21-18/h2-8H,9-12H2,1H3. The average Bonchev–Trinajstić information content (AvgIpc) is 3.19. The van der Waals surface area contributed by atoms with E-state index in [9.17, 15) is 5.26 Å². The van der Waals surface area contributed by atoms with Crippen molar-refractivity contribution in [1.29, 1.82) is 5.26 Å². The van der Waals surface area contributed by atoms with E-state index >= 15 is 0 Å². The van der Waals surface area contributed by atoms with Gasteiger partial charge in [0.1, 0.15) is 11.9 Å². The molecule has 1 fully saturated rings. The molecule has 1 aromatic carbocycles. The molecule has 1 aliphatic heterocycles. The molecular weight excluding hydrogens is 328 g/mol. The van der Waals surface area contributed by atoms with Gasteiger partial charge >= 0.3 is 6.01 Å². The monoisotopic (exact) mass is 346 g/mol. The van der Waals surface area contributed by atoms with E-state index in [2.05, 4.69) is 31.0 Å². The van der Waals surface area contributed by atoms with Crippen molar-refractivity contribution in [1.82, 2.24) is 15.1 Å². The molecule has 1 saturated heterocycles. The van der Waals surface area contributed by atoms with Crippen molar-refractivity contribution < 1.29 is 4.52 Å². The summed E-state index contributed by atoms with van der Waals surface area (Å²) in [5.74, 6) is 1.33. The Balaban J connectivity index is 1.45. The first-order valence-corrected chi connectivity index (χ1v) is 8.50. The molecule has 0 atom stereocenters. The lowest BCUT2D eigenvalue weighted by Gasteiger charge is -2.34. The Bertz CT molecular complexity index is 935. The van der Waals surface area contributed by atoms with Crippen LogP contribution in [0.5, 0.6) is 0 Å². The highest BCUT2D eigenvalue weighted by Gasteiger charge is 2.23. The minimum absolute atomic E-state index is 0.529. The van der Waals surface area contributed by atoms with E-state index in [1.807, 2.05) is 31.2 Å². The van der Waals surface area contributed by atoms with E-state index in [-0.39, 0.29) is 0 Å². The fraction of sp³-hybridized carbons (Fsp3) is 0.263. The van der Waals surface area contributed by atoms with E-state index in [4.69, 9.17) is 4.52 Å². The molecule has 3 aromatic rings. The number of aryl methyl sites for hydroxylation is 1. The Labute approximate surface area is 151 Å². The van der Waals surface area contributed by atoms with Gasteiger partial charge in [-0.1, -0.05) is 35.0 Å². The van der Waals surface area contributed by atoms with Gasteiger partial charge in [0.25, 0.3) is 0 Å². The maximum absolute atomic E-state index is 9.25. The number of hydrogen-bond acceptors (Lipinski definition) is 7. The van der Waals surface area contributed by atoms with E-state index < -0.39 is 0 Å². The quantitative estimate of drug-likeness (QED) is 0.721. The number of hydrogen-bond donors (Lipinski definition) is 0. The number of pyridine rings is 1. The van der Waals surface area contributed by atoms with Crippen LogP contribution in [0.3, 0.4) is 0 Å². The second-order valence-corrected chi connectivity index (χ2v) is 6.23. The highest BCUT2D eigenvalue weighted by molar-refractivity contribution is 5.57. The van der Waals surface area contributed by atoms with Gasteiger partial charge in [0.15, 0.2) is 0 Å². The largest absolute Gasteiger partial charge is 0.352 e. The fourth-order valence-corrected chi connectivity index (χ4v) is 3.01. The topological polar surface area (TPSA) is 82.1 Å². The first-order valence-electron chi connectivity index (χ1n) is 8.50. The van der Waals surface area contributed by atoms with Crippen molar-refractivity contribution in [3.8, 4) is 17.5 Å². The molecule has 0 radical (unpaired) electrons. The number of rotatable bonds is 3. The third kappa shape index (κ3) is 3.09. The van der Waals surface area contributed by atoms with Crippen molar-refractivity contribution in [3.63, 3.8) is 0 Å². The molecular formula is C19H18N6O. The Morgan fingerprint density at radius 1 is 1.04 bits per heavy atom. The van der Waals surface area contributed by atoms with Gasteiger partial charge in [-0.05, 0) is 19.1 Å². The zero-order valence-electron chi connectivity index (χ0n) is 14.5.